The Kier molecular flexibility index (Phi) is 7.20. The number of nitrogens with zero attached hydrogens (tertiary/aromatic N) is 5. The maximum atomic E-state index is 13.4. The van der Waals surface area contributed by atoms with Gasteiger partial charge in [0.15, 0.2) is 0 Å². The van der Waals surface area contributed by atoms with Crippen LogP contribution in [0.2, 0.25) is 0 Å². The van der Waals surface area contributed by atoms with Gasteiger partial charge in [0.05, 0.1) is 16.6 Å². The summed E-state index contributed by atoms with van der Waals surface area (Å²) < 4.78 is 1.39. The molecule has 4 heterocycles. The number of carbonyl (C=O) groups is 2. The quantitative estimate of drug-likeness (QED) is 0.530. The third-order valence-corrected chi connectivity index (χ3v) is 8.64. The molecule has 1 aromatic carbocycles. The fourth-order valence-corrected chi connectivity index (χ4v) is 6.38. The monoisotopic (exact) mass is 507 g/mol. The van der Waals surface area contributed by atoms with Gasteiger partial charge in [-0.15, -0.1) is 11.3 Å². The number of hydrogen-bond acceptors (Lipinski definition) is 6. The summed E-state index contributed by atoms with van der Waals surface area (Å²) >= 11 is 1.27. The summed E-state index contributed by atoms with van der Waals surface area (Å²) in [6.45, 7) is 8.40. The molecular formula is C27H33N5O3S. The first-order valence-electron chi connectivity index (χ1n) is 12.8. The average Bonchev–Trinajstić information content (AvgIpc) is 3.23. The molecular weight excluding hydrogens is 474 g/mol. The van der Waals surface area contributed by atoms with E-state index < -0.39 is 0 Å². The van der Waals surface area contributed by atoms with E-state index in [9.17, 15) is 14.4 Å². The summed E-state index contributed by atoms with van der Waals surface area (Å²) in [7, 11) is 0. The molecule has 0 bridgehead atoms. The molecule has 190 valence electrons. The number of piperidine rings is 1. The minimum atomic E-state index is -0.251. The van der Waals surface area contributed by atoms with Crippen LogP contribution in [0.1, 0.15) is 47.0 Å². The van der Waals surface area contributed by atoms with E-state index in [4.69, 9.17) is 0 Å². The minimum absolute atomic E-state index is 0.0198. The van der Waals surface area contributed by atoms with Crippen molar-refractivity contribution in [3.63, 3.8) is 0 Å². The van der Waals surface area contributed by atoms with Gasteiger partial charge in [-0.25, -0.2) is 4.98 Å². The van der Waals surface area contributed by atoms with Crippen LogP contribution in [0.3, 0.4) is 0 Å². The lowest BCUT2D eigenvalue weighted by atomic mass is 10.0. The number of benzene rings is 1. The molecule has 2 aliphatic heterocycles. The highest BCUT2D eigenvalue weighted by atomic mass is 32.1. The van der Waals surface area contributed by atoms with E-state index in [2.05, 4.69) is 28.9 Å². The second-order valence-electron chi connectivity index (χ2n) is 9.90. The van der Waals surface area contributed by atoms with Gasteiger partial charge >= 0.3 is 0 Å². The van der Waals surface area contributed by atoms with Gasteiger partial charge in [-0.05, 0) is 44.2 Å². The molecule has 0 N–H and O–H groups in total. The molecule has 2 fully saturated rings. The standard InChI is InChI=1S/C27H33N5O3S/c1-19-8-6-7-11-32(19)22(33)17-31-18-28-25-23(26(31)34)20(2)24(36-25)27(35)30-14-12-29(13-15-30)16-21-9-4-3-5-10-21/h3-5,9-10,18-19H,6-8,11-17H2,1-2H3/t19-/m1/s1. The van der Waals surface area contributed by atoms with E-state index >= 15 is 0 Å². The van der Waals surface area contributed by atoms with Gasteiger partial charge in [0, 0.05) is 45.3 Å². The van der Waals surface area contributed by atoms with Crippen LogP contribution in [0.25, 0.3) is 10.2 Å². The maximum Gasteiger partial charge on any atom is 0.264 e. The summed E-state index contributed by atoms with van der Waals surface area (Å²) in [6, 6.07) is 10.6. The van der Waals surface area contributed by atoms with Gasteiger partial charge in [0.1, 0.15) is 11.4 Å². The third-order valence-electron chi connectivity index (χ3n) is 7.45. The van der Waals surface area contributed by atoms with Crippen LogP contribution in [0.15, 0.2) is 41.5 Å². The van der Waals surface area contributed by atoms with Crippen LogP contribution >= 0.6 is 11.3 Å². The molecule has 1 atom stereocenters. The van der Waals surface area contributed by atoms with E-state index in [0.717, 1.165) is 45.4 Å². The Morgan fingerprint density at radius 1 is 1.06 bits per heavy atom. The number of amides is 2. The molecule has 5 rings (SSSR count). The van der Waals surface area contributed by atoms with Crippen LogP contribution in [-0.4, -0.2) is 74.8 Å². The smallest absolute Gasteiger partial charge is 0.264 e. The number of likely N-dealkylation sites (tertiary alicyclic amines) is 1. The molecule has 0 aliphatic carbocycles. The lowest BCUT2D eigenvalue weighted by molar-refractivity contribution is -0.135. The Labute approximate surface area is 215 Å². The summed E-state index contributed by atoms with van der Waals surface area (Å²) in [5.41, 5.74) is 1.68. The first-order chi connectivity index (χ1) is 17.4. The average molecular weight is 508 g/mol. The van der Waals surface area contributed by atoms with E-state index in [-0.39, 0.29) is 30.0 Å². The van der Waals surface area contributed by atoms with Crippen LogP contribution in [0.4, 0.5) is 0 Å². The van der Waals surface area contributed by atoms with E-state index in [1.807, 2.05) is 34.9 Å². The number of thiophene rings is 1. The van der Waals surface area contributed by atoms with Crippen molar-refractivity contribution in [3.05, 3.63) is 63.0 Å². The Morgan fingerprint density at radius 3 is 2.53 bits per heavy atom. The first-order valence-corrected chi connectivity index (χ1v) is 13.6. The topological polar surface area (TPSA) is 78.8 Å². The molecule has 0 radical (unpaired) electrons. The maximum absolute atomic E-state index is 13.4. The molecule has 2 aliphatic rings. The van der Waals surface area contributed by atoms with Crippen LogP contribution in [0, 0.1) is 6.92 Å². The summed E-state index contributed by atoms with van der Waals surface area (Å²) in [5, 5.41) is 0.452. The van der Waals surface area contributed by atoms with Crippen LogP contribution < -0.4 is 5.56 Å². The van der Waals surface area contributed by atoms with Crippen molar-refractivity contribution < 1.29 is 9.59 Å². The fraction of sp³-hybridized carbons (Fsp3) is 0.481. The molecule has 36 heavy (non-hydrogen) atoms. The van der Waals surface area contributed by atoms with E-state index in [0.29, 0.717) is 33.7 Å². The van der Waals surface area contributed by atoms with Crippen molar-refractivity contribution in [3.8, 4) is 0 Å². The minimum Gasteiger partial charge on any atom is -0.338 e. The normalized spacial score (nSPS) is 19.1. The highest BCUT2D eigenvalue weighted by molar-refractivity contribution is 7.20. The van der Waals surface area contributed by atoms with Crippen LogP contribution in [-0.2, 0) is 17.9 Å². The Morgan fingerprint density at radius 2 is 1.81 bits per heavy atom. The summed E-state index contributed by atoms with van der Waals surface area (Å²) in [6.07, 6.45) is 4.57. The highest BCUT2D eigenvalue weighted by Gasteiger charge is 2.28. The third kappa shape index (κ3) is 4.95. The van der Waals surface area contributed by atoms with Crippen molar-refractivity contribution in [1.29, 1.82) is 0 Å². The summed E-state index contributed by atoms with van der Waals surface area (Å²) in [4.78, 5) is 51.3. The molecule has 2 saturated heterocycles. The largest absolute Gasteiger partial charge is 0.338 e. The number of fused-ring (bicyclic) bond motifs is 1. The van der Waals surface area contributed by atoms with Gasteiger partial charge in [-0.1, -0.05) is 30.3 Å². The lowest BCUT2D eigenvalue weighted by Gasteiger charge is -2.34. The van der Waals surface area contributed by atoms with Crippen molar-refractivity contribution in [2.45, 2.75) is 52.2 Å². The zero-order chi connectivity index (χ0) is 25.2. The zero-order valence-electron chi connectivity index (χ0n) is 21.0. The lowest BCUT2D eigenvalue weighted by Crippen LogP contribution is -2.48. The first kappa shape index (κ1) is 24.6. The molecule has 8 nitrogen and oxygen atoms in total. The molecule has 0 unspecified atom stereocenters. The van der Waals surface area contributed by atoms with Gasteiger partial charge in [-0.2, -0.15) is 0 Å². The van der Waals surface area contributed by atoms with Crippen molar-refractivity contribution in [2.75, 3.05) is 32.7 Å². The predicted octanol–water partition coefficient (Wildman–Crippen LogP) is 3.13. The SMILES string of the molecule is Cc1c(C(=O)N2CCN(Cc3ccccc3)CC2)sc2ncn(CC(=O)N3CCCC[C@H]3C)c(=O)c12. The number of rotatable bonds is 5. The van der Waals surface area contributed by atoms with E-state index in [1.165, 1.54) is 27.8 Å². The molecule has 2 aromatic heterocycles. The van der Waals surface area contributed by atoms with Crippen molar-refractivity contribution in [2.24, 2.45) is 0 Å². The van der Waals surface area contributed by atoms with Gasteiger partial charge in [0.25, 0.3) is 11.5 Å². The number of hydrogen-bond donors (Lipinski definition) is 0. The number of carbonyl (C=O) groups excluding carboxylic acids is 2. The molecule has 0 spiro atoms. The van der Waals surface area contributed by atoms with Gasteiger partial charge in [-0.3, -0.25) is 23.9 Å². The Bertz CT molecular complexity index is 1310. The van der Waals surface area contributed by atoms with E-state index in [1.54, 1.807) is 0 Å². The van der Waals surface area contributed by atoms with Crippen molar-refractivity contribution >= 4 is 33.4 Å². The van der Waals surface area contributed by atoms with Crippen LogP contribution in [0.5, 0.6) is 0 Å². The summed E-state index contributed by atoms with van der Waals surface area (Å²) in [5.74, 6) is -0.0953. The van der Waals surface area contributed by atoms with Crippen molar-refractivity contribution in [1.82, 2.24) is 24.3 Å². The van der Waals surface area contributed by atoms with Gasteiger partial charge in [0.2, 0.25) is 5.91 Å². The molecule has 0 saturated carbocycles. The Balaban J connectivity index is 1.29. The fourth-order valence-electron chi connectivity index (χ4n) is 5.28. The number of aryl methyl sites for hydroxylation is 1. The molecule has 9 heteroatoms. The molecule has 3 aromatic rings. The predicted molar refractivity (Wildman–Crippen MR) is 141 cm³/mol. The second-order valence-corrected chi connectivity index (χ2v) is 10.9. The Hall–Kier alpha value is -3.04. The highest BCUT2D eigenvalue weighted by Crippen LogP contribution is 2.28. The molecule has 2 amide bonds. The number of piperazine rings is 1. The number of aromatic nitrogens is 2. The van der Waals surface area contributed by atoms with Gasteiger partial charge < -0.3 is 9.80 Å². The second kappa shape index (κ2) is 10.5. The zero-order valence-corrected chi connectivity index (χ0v) is 21.8.